The molecule has 1 aromatic carbocycles. The molecule has 1 saturated heterocycles. The Morgan fingerprint density at radius 3 is 2.94 bits per heavy atom. The summed E-state index contributed by atoms with van der Waals surface area (Å²) in [5.74, 6) is -0.679. The van der Waals surface area contributed by atoms with E-state index in [1.165, 1.54) is 18.2 Å². The molecule has 0 saturated carbocycles. The van der Waals surface area contributed by atoms with Gasteiger partial charge in [0.2, 0.25) is 5.91 Å². The van der Waals surface area contributed by atoms with Crippen LogP contribution in [0, 0.1) is 5.82 Å². The fourth-order valence-corrected chi connectivity index (χ4v) is 2.35. The molecule has 1 fully saturated rings. The molecule has 6 heteroatoms. The Morgan fingerprint density at radius 2 is 2.33 bits per heavy atom. The summed E-state index contributed by atoms with van der Waals surface area (Å²) in [7, 11) is 0. The molecule has 0 bridgehead atoms. The molecule has 4 nitrogen and oxygen atoms in total. The monoisotopic (exact) mass is 314 g/mol. The van der Waals surface area contributed by atoms with Gasteiger partial charge in [0.1, 0.15) is 5.82 Å². The molecule has 18 heavy (non-hydrogen) atoms. The van der Waals surface area contributed by atoms with Crippen molar-refractivity contribution in [1.29, 1.82) is 0 Å². The third-order valence-electron chi connectivity index (χ3n) is 2.77. The highest BCUT2D eigenvalue weighted by Crippen LogP contribution is 2.18. The number of carbonyl (C=O) groups excluding carboxylic acids is 2. The molecule has 1 aliphatic rings. The molecule has 96 valence electrons. The second-order valence-corrected chi connectivity index (χ2v) is 4.99. The minimum atomic E-state index is -0.401. The lowest BCUT2D eigenvalue weighted by Crippen LogP contribution is -2.38. The summed E-state index contributed by atoms with van der Waals surface area (Å²) in [5.41, 5.74) is 0.376. The average Bonchev–Trinajstić information content (AvgIpc) is 2.72. The molecular weight excluding hydrogens is 303 g/mol. The molecule has 2 N–H and O–H groups in total. The van der Waals surface area contributed by atoms with Gasteiger partial charge in [0.25, 0.3) is 5.91 Å². The smallest absolute Gasteiger partial charge is 0.252 e. The zero-order chi connectivity index (χ0) is 13.1. The van der Waals surface area contributed by atoms with Crippen molar-refractivity contribution in [1.82, 2.24) is 10.6 Å². The molecule has 2 amide bonds. The SMILES string of the molecule is O=C1CCC(CNC(=O)c2ccc(F)cc2Br)N1. The van der Waals surface area contributed by atoms with E-state index in [2.05, 4.69) is 26.6 Å². The van der Waals surface area contributed by atoms with E-state index in [1.54, 1.807) is 0 Å². The summed E-state index contributed by atoms with van der Waals surface area (Å²) in [6.07, 6.45) is 1.23. The fourth-order valence-electron chi connectivity index (χ4n) is 1.82. The Balaban J connectivity index is 1.93. The van der Waals surface area contributed by atoms with Crippen molar-refractivity contribution in [2.75, 3.05) is 6.54 Å². The highest BCUT2D eigenvalue weighted by molar-refractivity contribution is 9.10. The van der Waals surface area contributed by atoms with Crippen molar-refractivity contribution < 1.29 is 14.0 Å². The molecule has 1 unspecified atom stereocenters. The van der Waals surface area contributed by atoms with Crippen LogP contribution in [0.2, 0.25) is 0 Å². The van der Waals surface area contributed by atoms with E-state index in [9.17, 15) is 14.0 Å². The van der Waals surface area contributed by atoms with Gasteiger partial charge >= 0.3 is 0 Å². The van der Waals surface area contributed by atoms with E-state index in [1.807, 2.05) is 0 Å². The minimum absolute atomic E-state index is 0.0113. The second-order valence-electron chi connectivity index (χ2n) is 4.14. The van der Waals surface area contributed by atoms with Crippen LogP contribution in [0.3, 0.4) is 0 Å². The summed E-state index contributed by atoms with van der Waals surface area (Å²) in [5, 5.41) is 5.47. The van der Waals surface area contributed by atoms with Crippen LogP contribution >= 0.6 is 15.9 Å². The fraction of sp³-hybridized carbons (Fsp3) is 0.333. The van der Waals surface area contributed by atoms with Gasteiger partial charge in [-0.3, -0.25) is 9.59 Å². The second kappa shape index (κ2) is 5.48. The van der Waals surface area contributed by atoms with E-state index in [-0.39, 0.29) is 17.9 Å². The molecular formula is C12H12BrFN2O2. The first kappa shape index (κ1) is 13.0. The summed E-state index contributed by atoms with van der Waals surface area (Å²) in [6.45, 7) is 0.383. The Kier molecular flexibility index (Phi) is 3.96. The van der Waals surface area contributed by atoms with Crippen molar-refractivity contribution in [3.63, 3.8) is 0 Å². The Labute approximate surface area is 112 Å². The number of nitrogens with one attached hydrogen (secondary N) is 2. The maximum Gasteiger partial charge on any atom is 0.252 e. The van der Waals surface area contributed by atoms with Gasteiger partial charge in [0.15, 0.2) is 0 Å². The number of halogens is 2. The summed E-state index contributed by atoms with van der Waals surface area (Å²) in [4.78, 5) is 22.8. The first-order valence-corrected chi connectivity index (χ1v) is 6.38. The van der Waals surface area contributed by atoms with Crippen LogP contribution in [-0.2, 0) is 4.79 Å². The van der Waals surface area contributed by atoms with Crippen LogP contribution < -0.4 is 10.6 Å². The van der Waals surface area contributed by atoms with Crippen molar-refractivity contribution in [2.24, 2.45) is 0 Å². The summed E-state index contributed by atoms with van der Waals surface area (Å²) in [6, 6.07) is 3.88. The number of rotatable bonds is 3. The number of hydrogen-bond acceptors (Lipinski definition) is 2. The first-order chi connectivity index (χ1) is 8.56. The van der Waals surface area contributed by atoms with Gasteiger partial charge in [-0.05, 0) is 40.5 Å². The molecule has 0 aromatic heterocycles. The van der Waals surface area contributed by atoms with E-state index in [0.29, 0.717) is 23.0 Å². The van der Waals surface area contributed by atoms with Crippen LogP contribution in [0.4, 0.5) is 4.39 Å². The minimum Gasteiger partial charge on any atom is -0.352 e. The molecule has 2 rings (SSSR count). The topological polar surface area (TPSA) is 58.2 Å². The van der Waals surface area contributed by atoms with Crippen molar-refractivity contribution in [3.8, 4) is 0 Å². The van der Waals surface area contributed by atoms with Gasteiger partial charge < -0.3 is 10.6 Å². The number of benzene rings is 1. The third kappa shape index (κ3) is 3.07. The van der Waals surface area contributed by atoms with Crippen LogP contribution in [0.5, 0.6) is 0 Å². The van der Waals surface area contributed by atoms with Gasteiger partial charge in [0, 0.05) is 23.5 Å². The van der Waals surface area contributed by atoms with Crippen LogP contribution in [0.1, 0.15) is 23.2 Å². The van der Waals surface area contributed by atoms with Crippen molar-refractivity contribution >= 4 is 27.7 Å². The van der Waals surface area contributed by atoms with Crippen molar-refractivity contribution in [2.45, 2.75) is 18.9 Å². The quantitative estimate of drug-likeness (QED) is 0.890. The zero-order valence-corrected chi connectivity index (χ0v) is 11.1. The average molecular weight is 315 g/mol. The highest BCUT2D eigenvalue weighted by Gasteiger charge is 2.21. The third-order valence-corrected chi connectivity index (χ3v) is 3.43. The number of carbonyl (C=O) groups is 2. The highest BCUT2D eigenvalue weighted by atomic mass is 79.9. The number of hydrogen-bond donors (Lipinski definition) is 2. The standard InChI is InChI=1S/C12H12BrFN2O2/c13-10-5-7(14)1-3-9(10)12(18)15-6-8-2-4-11(17)16-8/h1,3,5,8H,2,4,6H2,(H,15,18)(H,16,17). The van der Waals surface area contributed by atoms with Gasteiger partial charge in [-0.1, -0.05) is 0 Å². The molecule has 1 atom stereocenters. The Bertz CT molecular complexity index is 493. The Hall–Kier alpha value is -1.43. The maximum absolute atomic E-state index is 12.9. The van der Waals surface area contributed by atoms with Gasteiger partial charge in [-0.2, -0.15) is 0 Å². The van der Waals surface area contributed by atoms with Gasteiger partial charge in [-0.15, -0.1) is 0 Å². The van der Waals surface area contributed by atoms with E-state index < -0.39 is 5.82 Å². The van der Waals surface area contributed by atoms with Gasteiger partial charge in [-0.25, -0.2) is 4.39 Å². The van der Waals surface area contributed by atoms with Gasteiger partial charge in [0.05, 0.1) is 5.56 Å². The largest absolute Gasteiger partial charge is 0.352 e. The summed E-state index contributed by atoms with van der Waals surface area (Å²) < 4.78 is 13.3. The molecule has 0 radical (unpaired) electrons. The number of amides is 2. The van der Waals surface area contributed by atoms with E-state index in [4.69, 9.17) is 0 Å². The van der Waals surface area contributed by atoms with E-state index in [0.717, 1.165) is 6.42 Å². The van der Waals surface area contributed by atoms with Crippen LogP contribution in [0.25, 0.3) is 0 Å². The Morgan fingerprint density at radius 1 is 1.56 bits per heavy atom. The summed E-state index contributed by atoms with van der Waals surface area (Å²) >= 11 is 3.14. The first-order valence-electron chi connectivity index (χ1n) is 5.59. The predicted octanol–water partition coefficient (Wildman–Crippen LogP) is 1.60. The lowest BCUT2D eigenvalue weighted by molar-refractivity contribution is -0.119. The maximum atomic E-state index is 12.9. The molecule has 1 aliphatic heterocycles. The zero-order valence-electron chi connectivity index (χ0n) is 9.50. The lowest BCUT2D eigenvalue weighted by Gasteiger charge is -2.12. The van der Waals surface area contributed by atoms with Crippen LogP contribution in [0.15, 0.2) is 22.7 Å². The molecule has 1 heterocycles. The van der Waals surface area contributed by atoms with E-state index >= 15 is 0 Å². The van der Waals surface area contributed by atoms with Crippen molar-refractivity contribution in [3.05, 3.63) is 34.1 Å². The lowest BCUT2D eigenvalue weighted by atomic mass is 10.2. The normalized spacial score (nSPS) is 18.6. The molecule has 0 spiro atoms. The molecule has 1 aromatic rings. The van der Waals surface area contributed by atoms with Crippen LogP contribution in [-0.4, -0.2) is 24.4 Å². The predicted molar refractivity (Wildman–Crippen MR) is 67.6 cm³/mol. The molecule has 0 aliphatic carbocycles.